The summed E-state index contributed by atoms with van der Waals surface area (Å²) in [6, 6.07) is 17.7. The molecule has 0 saturated heterocycles. The summed E-state index contributed by atoms with van der Waals surface area (Å²) >= 11 is 0. The third-order valence-electron chi connectivity index (χ3n) is 7.30. The van der Waals surface area contributed by atoms with Gasteiger partial charge in [0, 0.05) is 16.8 Å². The van der Waals surface area contributed by atoms with E-state index in [1.807, 2.05) is 46.8 Å². The molecule has 3 N–H and O–H groups in total. The zero-order chi connectivity index (χ0) is 33.5. The minimum Gasteiger partial charge on any atom is -0.420 e. The second-order valence-electron chi connectivity index (χ2n) is 10.6. The van der Waals surface area contributed by atoms with Crippen LogP contribution in [0.1, 0.15) is 61.2 Å². The van der Waals surface area contributed by atoms with Crippen LogP contribution in [0.3, 0.4) is 0 Å². The Kier molecular flexibility index (Phi) is 9.75. The van der Waals surface area contributed by atoms with Crippen molar-refractivity contribution in [3.8, 4) is 30.2 Å². The van der Waals surface area contributed by atoms with Gasteiger partial charge in [-0.05, 0) is 59.7 Å². The van der Waals surface area contributed by atoms with Crippen LogP contribution in [-0.4, -0.2) is 10.2 Å². The first-order chi connectivity index (χ1) is 21.5. The standard InChI is InChI=1S/C19H16N6O.C15H10N4/c1-10(2)19(13-5-12(8-20)6-14(7-13)23-4)15(9-21)17(22)26-18-16(19)11(3)24-25-18;1-10(2)15(14(9-17)19-4)12-5-11(8-16)6-13(7-12)18-3/h5-7,10H,22H2,1-3H3,(H,24,25);5-7,10H,1-2H3/b;15-14-. The maximum Gasteiger partial charge on any atom is 0.265 e. The molecule has 45 heavy (non-hydrogen) atoms. The number of hydrogen-bond donors (Lipinski definition) is 2. The molecule has 1 unspecified atom stereocenters. The molecule has 0 bridgehead atoms. The van der Waals surface area contributed by atoms with Crippen molar-refractivity contribution in [2.24, 2.45) is 17.6 Å². The second kappa shape index (κ2) is 13.4. The number of aromatic nitrogens is 2. The maximum absolute atomic E-state index is 9.89. The number of nitrogens with zero attached hydrogens (tertiary/aromatic N) is 8. The van der Waals surface area contributed by atoms with Gasteiger partial charge >= 0.3 is 0 Å². The number of nitrogens with two attached hydrogens (primary N) is 1. The van der Waals surface area contributed by atoms with Crippen molar-refractivity contribution >= 4 is 16.9 Å². The molecule has 11 nitrogen and oxygen atoms in total. The maximum atomic E-state index is 9.89. The highest BCUT2D eigenvalue weighted by molar-refractivity contribution is 5.77. The SMILES string of the molecule is [C-]#[N+]/C(C#N)=C(\c1cc(C#N)cc([N+]#[C-])c1)C(C)C.[C-]#[N+]c1cc(C#N)cc(C2(C(C)C)C(C#N)=C(N)Oc3n[nH]c(C)c32)c1. The van der Waals surface area contributed by atoms with Crippen LogP contribution in [0.4, 0.5) is 11.4 Å². The molecule has 0 spiro atoms. The topological polar surface area (TPSA) is 172 Å². The molecule has 11 heteroatoms. The summed E-state index contributed by atoms with van der Waals surface area (Å²) in [6.07, 6.45) is 0. The van der Waals surface area contributed by atoms with E-state index < -0.39 is 5.41 Å². The van der Waals surface area contributed by atoms with Crippen molar-refractivity contribution < 1.29 is 4.74 Å². The molecule has 218 valence electrons. The van der Waals surface area contributed by atoms with Crippen LogP contribution < -0.4 is 10.5 Å². The van der Waals surface area contributed by atoms with E-state index in [0.717, 1.165) is 5.69 Å². The molecule has 1 aromatic heterocycles. The highest BCUT2D eigenvalue weighted by Crippen LogP contribution is 2.53. The molecule has 1 atom stereocenters. The van der Waals surface area contributed by atoms with E-state index in [1.165, 1.54) is 12.1 Å². The highest BCUT2D eigenvalue weighted by atomic mass is 16.5. The van der Waals surface area contributed by atoms with Crippen LogP contribution in [-0.2, 0) is 5.41 Å². The lowest BCUT2D eigenvalue weighted by molar-refractivity contribution is 0.323. The van der Waals surface area contributed by atoms with Crippen LogP contribution in [0.5, 0.6) is 5.88 Å². The summed E-state index contributed by atoms with van der Waals surface area (Å²) in [5.41, 5.74) is 9.92. The zero-order valence-electron chi connectivity index (χ0n) is 25.2. The van der Waals surface area contributed by atoms with Crippen molar-refractivity contribution in [2.75, 3.05) is 0 Å². The van der Waals surface area contributed by atoms with E-state index in [4.69, 9.17) is 40.7 Å². The van der Waals surface area contributed by atoms with Crippen LogP contribution in [0.15, 0.2) is 53.6 Å². The Bertz CT molecular complexity index is 1970. The summed E-state index contributed by atoms with van der Waals surface area (Å²) < 4.78 is 5.56. The predicted molar refractivity (Wildman–Crippen MR) is 165 cm³/mol. The largest absolute Gasteiger partial charge is 0.420 e. The Morgan fingerprint density at radius 1 is 0.911 bits per heavy atom. The van der Waals surface area contributed by atoms with Gasteiger partial charge in [0.25, 0.3) is 5.70 Å². The molecule has 0 amide bonds. The Morgan fingerprint density at radius 2 is 1.51 bits per heavy atom. The molecule has 2 aromatic carbocycles. The number of nitrogens with one attached hydrogen (secondary N) is 1. The van der Waals surface area contributed by atoms with Gasteiger partial charge in [0.1, 0.15) is 11.6 Å². The lowest BCUT2D eigenvalue weighted by Crippen LogP contribution is -2.41. The summed E-state index contributed by atoms with van der Waals surface area (Å²) in [5.74, 6) is 0.116. The number of rotatable bonds is 4. The number of ether oxygens (including phenoxy) is 1. The van der Waals surface area contributed by atoms with E-state index >= 15 is 0 Å². The van der Waals surface area contributed by atoms with Crippen LogP contribution in [0, 0.1) is 83.8 Å². The van der Waals surface area contributed by atoms with Crippen LogP contribution >= 0.6 is 0 Å². The summed E-state index contributed by atoms with van der Waals surface area (Å²) in [4.78, 5) is 10.0. The van der Waals surface area contributed by atoms with Crippen molar-refractivity contribution in [3.63, 3.8) is 0 Å². The van der Waals surface area contributed by atoms with Gasteiger partial charge < -0.3 is 10.5 Å². The molecule has 0 radical (unpaired) electrons. The smallest absolute Gasteiger partial charge is 0.265 e. The number of nitriles is 4. The number of fused-ring (bicyclic) bond motifs is 1. The molecule has 4 rings (SSSR count). The predicted octanol–water partition coefficient (Wildman–Crippen LogP) is 7.09. The molecule has 3 aromatic rings. The van der Waals surface area contributed by atoms with Gasteiger partial charge in [-0.25, -0.2) is 19.8 Å². The normalized spacial score (nSPS) is 15.2. The number of allylic oxidation sites excluding steroid dienone is 3. The number of aryl methyl sites for hydroxylation is 1. The molecule has 1 aliphatic heterocycles. The fourth-order valence-electron chi connectivity index (χ4n) is 5.51. The van der Waals surface area contributed by atoms with Gasteiger partial charge in [-0.3, -0.25) is 5.10 Å². The average Bonchev–Trinajstić information content (AvgIpc) is 3.41. The number of hydrogen-bond acceptors (Lipinski definition) is 7. The van der Waals surface area contributed by atoms with Crippen LogP contribution in [0.25, 0.3) is 20.1 Å². The number of H-pyrrole nitrogens is 1. The monoisotopic (exact) mass is 590 g/mol. The lowest BCUT2D eigenvalue weighted by atomic mass is 9.61. The Hall–Kier alpha value is -6.84. The third kappa shape index (κ3) is 5.91. The molecule has 1 aliphatic rings. The van der Waals surface area contributed by atoms with Gasteiger partial charge in [0.15, 0.2) is 11.4 Å². The summed E-state index contributed by atoms with van der Waals surface area (Å²) in [5, 5.41) is 44.3. The summed E-state index contributed by atoms with van der Waals surface area (Å²) in [6.45, 7) is 30.9. The van der Waals surface area contributed by atoms with Gasteiger partial charge in [-0.1, -0.05) is 39.8 Å². The van der Waals surface area contributed by atoms with Gasteiger partial charge in [-0.15, -0.1) is 5.10 Å². The van der Waals surface area contributed by atoms with Gasteiger partial charge in [-0.2, -0.15) is 15.8 Å². The number of aromatic amines is 1. The molecular formula is C34H26N10O. The van der Waals surface area contributed by atoms with E-state index in [1.54, 1.807) is 24.3 Å². The fourth-order valence-corrected chi connectivity index (χ4v) is 5.51. The molecule has 0 fully saturated rings. The molecule has 0 aliphatic carbocycles. The minimum atomic E-state index is -0.976. The molecule has 0 saturated carbocycles. The zero-order valence-corrected chi connectivity index (χ0v) is 25.2. The van der Waals surface area contributed by atoms with E-state index in [2.05, 4.69) is 36.9 Å². The second-order valence-corrected chi connectivity index (χ2v) is 10.6. The fraction of sp³-hybridized carbons (Fsp3) is 0.235. The van der Waals surface area contributed by atoms with Gasteiger partial charge in [0.2, 0.25) is 11.8 Å². The van der Waals surface area contributed by atoms with Crippen LogP contribution in [0.2, 0.25) is 0 Å². The quantitative estimate of drug-likeness (QED) is 0.241. The average molecular weight is 591 g/mol. The third-order valence-corrected chi connectivity index (χ3v) is 7.30. The van der Waals surface area contributed by atoms with E-state index in [9.17, 15) is 10.5 Å². The first-order valence-electron chi connectivity index (χ1n) is 13.5. The minimum absolute atomic E-state index is 0.000945. The van der Waals surface area contributed by atoms with E-state index in [-0.39, 0.29) is 29.0 Å². The molecular weight excluding hydrogens is 564 g/mol. The first-order valence-corrected chi connectivity index (χ1v) is 13.5. The van der Waals surface area contributed by atoms with Crippen molar-refractivity contribution in [3.05, 3.63) is 121 Å². The van der Waals surface area contributed by atoms with Crippen molar-refractivity contribution in [1.82, 2.24) is 10.2 Å². The highest BCUT2D eigenvalue weighted by Gasteiger charge is 2.50. The summed E-state index contributed by atoms with van der Waals surface area (Å²) in [7, 11) is 0. The number of benzene rings is 2. The Morgan fingerprint density at radius 3 is 2.00 bits per heavy atom. The van der Waals surface area contributed by atoms with Crippen molar-refractivity contribution in [2.45, 2.75) is 40.0 Å². The Labute approximate surface area is 261 Å². The molecule has 2 heterocycles. The van der Waals surface area contributed by atoms with E-state index in [0.29, 0.717) is 50.6 Å². The van der Waals surface area contributed by atoms with Gasteiger partial charge in [0.05, 0.1) is 48.9 Å². The lowest BCUT2D eigenvalue weighted by Gasteiger charge is -2.41. The first kappa shape index (κ1) is 32.7. The van der Waals surface area contributed by atoms with Crippen molar-refractivity contribution in [1.29, 1.82) is 21.0 Å². The Balaban J connectivity index is 0.000000259.